The maximum Gasteiger partial charge on any atom is 0.0733 e. The molecule has 2 rings (SSSR count). The lowest BCUT2D eigenvalue weighted by atomic mass is 10.1. The van der Waals surface area contributed by atoms with E-state index < -0.39 is 0 Å². The van der Waals surface area contributed by atoms with Gasteiger partial charge >= 0.3 is 0 Å². The van der Waals surface area contributed by atoms with Crippen LogP contribution in [-0.4, -0.2) is 11.7 Å². The van der Waals surface area contributed by atoms with Crippen molar-refractivity contribution < 1.29 is 4.74 Å². The lowest BCUT2D eigenvalue weighted by Gasteiger charge is -2.11. The molecule has 0 saturated carbocycles. The van der Waals surface area contributed by atoms with E-state index in [4.69, 9.17) is 4.74 Å². The number of ether oxygens (including phenoxy) is 1. The number of methoxy groups -OCH3 is 1. The van der Waals surface area contributed by atoms with Crippen molar-refractivity contribution in [2.24, 2.45) is 7.05 Å². The Kier molecular flexibility index (Phi) is 4.27. The molecule has 1 N–H and O–H groups in total. The van der Waals surface area contributed by atoms with Crippen LogP contribution in [0.5, 0.6) is 0 Å². The molecule has 102 valence electrons. The Labute approximate surface area is 115 Å². The summed E-state index contributed by atoms with van der Waals surface area (Å²) in [6.45, 7) is 5.77. The quantitative estimate of drug-likeness (QED) is 0.889. The van der Waals surface area contributed by atoms with Crippen molar-refractivity contribution in [1.29, 1.82) is 0 Å². The van der Waals surface area contributed by atoms with Crippen molar-refractivity contribution in [2.45, 2.75) is 27.0 Å². The van der Waals surface area contributed by atoms with Crippen LogP contribution >= 0.6 is 0 Å². The molecule has 0 aliphatic carbocycles. The van der Waals surface area contributed by atoms with Gasteiger partial charge in [0, 0.05) is 43.3 Å². The van der Waals surface area contributed by atoms with Crippen LogP contribution in [0.15, 0.2) is 30.3 Å². The number of hydrogen-bond acceptors (Lipinski definition) is 2. The van der Waals surface area contributed by atoms with E-state index in [2.05, 4.69) is 49.0 Å². The number of rotatable bonds is 5. The molecule has 0 bridgehead atoms. The minimum Gasteiger partial charge on any atom is -0.381 e. The number of hydrogen-bond donors (Lipinski definition) is 1. The Morgan fingerprint density at radius 1 is 1.16 bits per heavy atom. The third kappa shape index (κ3) is 2.99. The van der Waals surface area contributed by atoms with E-state index in [1.165, 1.54) is 22.5 Å². The van der Waals surface area contributed by atoms with Gasteiger partial charge in [-0.15, -0.1) is 0 Å². The van der Waals surface area contributed by atoms with E-state index in [0.29, 0.717) is 6.61 Å². The number of anilines is 1. The predicted molar refractivity (Wildman–Crippen MR) is 79.4 cm³/mol. The van der Waals surface area contributed by atoms with E-state index in [0.717, 1.165) is 12.2 Å². The fraction of sp³-hybridized carbons (Fsp3) is 0.375. The average molecular weight is 258 g/mol. The van der Waals surface area contributed by atoms with Crippen molar-refractivity contribution in [1.82, 2.24) is 4.57 Å². The van der Waals surface area contributed by atoms with Crippen molar-refractivity contribution in [3.8, 4) is 0 Å². The molecule has 2 aromatic rings. The number of nitrogens with zero attached hydrogens (tertiary/aromatic N) is 1. The Morgan fingerprint density at radius 2 is 1.89 bits per heavy atom. The van der Waals surface area contributed by atoms with Gasteiger partial charge in [-0.25, -0.2) is 0 Å². The minimum absolute atomic E-state index is 0.635. The van der Waals surface area contributed by atoms with Crippen LogP contribution < -0.4 is 5.32 Å². The number of para-hydroxylation sites is 1. The largest absolute Gasteiger partial charge is 0.381 e. The van der Waals surface area contributed by atoms with E-state index >= 15 is 0 Å². The molecule has 19 heavy (non-hydrogen) atoms. The summed E-state index contributed by atoms with van der Waals surface area (Å²) in [5.74, 6) is 0. The highest BCUT2D eigenvalue weighted by molar-refractivity contribution is 5.51. The summed E-state index contributed by atoms with van der Waals surface area (Å²) in [6.07, 6.45) is 0. The normalized spacial score (nSPS) is 10.7. The summed E-state index contributed by atoms with van der Waals surface area (Å²) in [4.78, 5) is 0. The summed E-state index contributed by atoms with van der Waals surface area (Å²) in [6, 6.07) is 10.5. The van der Waals surface area contributed by atoms with Crippen LogP contribution in [0, 0.1) is 13.8 Å². The molecule has 3 nitrogen and oxygen atoms in total. The summed E-state index contributed by atoms with van der Waals surface area (Å²) in [5, 5.41) is 3.50. The summed E-state index contributed by atoms with van der Waals surface area (Å²) >= 11 is 0. The number of aromatic nitrogens is 1. The van der Waals surface area contributed by atoms with Crippen molar-refractivity contribution in [3.63, 3.8) is 0 Å². The summed E-state index contributed by atoms with van der Waals surface area (Å²) < 4.78 is 7.44. The van der Waals surface area contributed by atoms with Gasteiger partial charge in [0.25, 0.3) is 0 Å². The number of nitrogens with one attached hydrogen (secondary N) is 1. The fourth-order valence-corrected chi connectivity index (χ4v) is 2.28. The smallest absolute Gasteiger partial charge is 0.0733 e. The van der Waals surface area contributed by atoms with Crippen LogP contribution in [0.4, 0.5) is 5.69 Å². The highest BCUT2D eigenvalue weighted by Gasteiger charge is 2.07. The van der Waals surface area contributed by atoms with Gasteiger partial charge in [0.15, 0.2) is 0 Å². The van der Waals surface area contributed by atoms with Crippen LogP contribution in [0.2, 0.25) is 0 Å². The van der Waals surface area contributed by atoms with Crippen LogP contribution in [0.25, 0.3) is 0 Å². The molecule has 3 heteroatoms. The van der Waals surface area contributed by atoms with Gasteiger partial charge in [-0.05, 0) is 31.5 Å². The van der Waals surface area contributed by atoms with Gasteiger partial charge in [-0.3, -0.25) is 0 Å². The summed E-state index contributed by atoms with van der Waals surface area (Å²) in [7, 11) is 3.83. The van der Waals surface area contributed by atoms with Crippen LogP contribution in [0.3, 0.4) is 0 Å². The number of aryl methyl sites for hydroxylation is 1. The third-order valence-electron chi connectivity index (χ3n) is 3.67. The van der Waals surface area contributed by atoms with Gasteiger partial charge in [0.05, 0.1) is 6.61 Å². The monoisotopic (exact) mass is 258 g/mol. The first kappa shape index (κ1) is 13.7. The average Bonchev–Trinajstić information content (AvgIpc) is 2.66. The van der Waals surface area contributed by atoms with Crippen LogP contribution in [-0.2, 0) is 24.9 Å². The lowest BCUT2D eigenvalue weighted by Crippen LogP contribution is -2.04. The topological polar surface area (TPSA) is 26.2 Å². The van der Waals surface area contributed by atoms with Crippen LogP contribution in [0.1, 0.15) is 22.5 Å². The van der Waals surface area contributed by atoms with Gasteiger partial charge in [-0.1, -0.05) is 18.2 Å². The lowest BCUT2D eigenvalue weighted by molar-refractivity contribution is 0.185. The van der Waals surface area contributed by atoms with Gasteiger partial charge in [0.2, 0.25) is 0 Å². The molecule has 0 spiro atoms. The van der Waals surface area contributed by atoms with E-state index in [1.54, 1.807) is 7.11 Å². The number of benzene rings is 1. The first-order valence-corrected chi connectivity index (χ1v) is 6.56. The van der Waals surface area contributed by atoms with Gasteiger partial charge < -0.3 is 14.6 Å². The molecule has 1 heterocycles. The molecular weight excluding hydrogens is 236 g/mol. The Bertz CT molecular complexity index is 558. The van der Waals surface area contributed by atoms with E-state index in [-0.39, 0.29) is 0 Å². The van der Waals surface area contributed by atoms with E-state index in [1.807, 2.05) is 12.1 Å². The zero-order chi connectivity index (χ0) is 13.8. The van der Waals surface area contributed by atoms with Gasteiger partial charge in [-0.2, -0.15) is 0 Å². The Balaban J connectivity index is 2.12. The fourth-order valence-electron chi connectivity index (χ4n) is 2.28. The molecule has 1 aromatic heterocycles. The molecule has 0 aliphatic rings. The predicted octanol–water partition coefficient (Wildman–Crippen LogP) is 3.40. The molecule has 0 unspecified atom stereocenters. The first-order chi connectivity index (χ1) is 9.13. The van der Waals surface area contributed by atoms with E-state index in [9.17, 15) is 0 Å². The minimum atomic E-state index is 0.635. The van der Waals surface area contributed by atoms with Crippen molar-refractivity contribution in [2.75, 3.05) is 12.4 Å². The first-order valence-electron chi connectivity index (χ1n) is 6.56. The standard InChI is InChI=1S/C16H22N2O/c1-12-9-15(13(2)18(12)3)10-17-16-8-6-5-7-14(16)11-19-4/h5-9,17H,10-11H2,1-4H3. The summed E-state index contributed by atoms with van der Waals surface area (Å²) in [5.41, 5.74) is 6.28. The zero-order valence-corrected chi connectivity index (χ0v) is 12.2. The van der Waals surface area contributed by atoms with Crippen molar-refractivity contribution >= 4 is 5.69 Å². The molecular formula is C16H22N2O. The second-order valence-corrected chi connectivity index (χ2v) is 4.90. The Hall–Kier alpha value is -1.74. The molecule has 1 aromatic carbocycles. The highest BCUT2D eigenvalue weighted by Crippen LogP contribution is 2.19. The van der Waals surface area contributed by atoms with Crippen molar-refractivity contribution in [3.05, 3.63) is 52.8 Å². The molecule has 0 aliphatic heterocycles. The maximum atomic E-state index is 5.22. The molecule has 0 radical (unpaired) electrons. The molecule has 0 atom stereocenters. The SMILES string of the molecule is COCc1ccccc1NCc1cc(C)n(C)c1C. The van der Waals surface area contributed by atoms with Gasteiger partial charge in [0.1, 0.15) is 0 Å². The molecule has 0 fully saturated rings. The second-order valence-electron chi connectivity index (χ2n) is 4.90. The Morgan fingerprint density at radius 3 is 2.53 bits per heavy atom. The molecule has 0 amide bonds. The second kappa shape index (κ2) is 5.93. The zero-order valence-electron chi connectivity index (χ0n) is 12.2. The molecule has 0 saturated heterocycles. The third-order valence-corrected chi connectivity index (χ3v) is 3.67. The highest BCUT2D eigenvalue weighted by atomic mass is 16.5. The maximum absolute atomic E-state index is 5.22.